The highest BCUT2D eigenvalue weighted by atomic mass is 35.5. The van der Waals surface area contributed by atoms with Crippen LogP contribution in [0, 0.1) is 11.6 Å². The maximum Gasteiger partial charge on any atom is 0.350 e. The van der Waals surface area contributed by atoms with Crippen LogP contribution in [0.4, 0.5) is 14.5 Å². The van der Waals surface area contributed by atoms with Crippen LogP contribution in [0.3, 0.4) is 0 Å². The highest BCUT2D eigenvalue weighted by Crippen LogP contribution is 2.30. The number of aryl methyl sites for hydroxylation is 1. The Hall–Kier alpha value is -3.24. The van der Waals surface area contributed by atoms with Gasteiger partial charge in [0, 0.05) is 25.6 Å². The molecule has 1 amide bonds. The lowest BCUT2D eigenvalue weighted by atomic mass is 10.1. The lowest BCUT2D eigenvalue weighted by Gasteiger charge is -2.18. The molecule has 1 atom stereocenters. The van der Waals surface area contributed by atoms with Crippen molar-refractivity contribution in [3.8, 4) is 11.4 Å². The smallest absolute Gasteiger partial charge is 0.350 e. The van der Waals surface area contributed by atoms with Crippen LogP contribution < -0.4 is 21.5 Å². The van der Waals surface area contributed by atoms with Crippen molar-refractivity contribution in [1.29, 1.82) is 0 Å². The number of hydrogen-bond donors (Lipinski definition) is 2. The molecular weight excluding hydrogens is 456 g/mol. The van der Waals surface area contributed by atoms with Crippen LogP contribution in [-0.2, 0) is 13.0 Å². The fraction of sp³-hybridized carbons (Fsp3) is 0.318. The largest absolute Gasteiger partial charge is 0.488 e. The number of nitrogens with zero attached hydrogens (tertiary/aromatic N) is 3. The van der Waals surface area contributed by atoms with E-state index in [0.717, 1.165) is 29.7 Å². The summed E-state index contributed by atoms with van der Waals surface area (Å²) in [6, 6.07) is 6.07. The van der Waals surface area contributed by atoms with Crippen molar-refractivity contribution >= 4 is 23.2 Å². The molecule has 0 bridgehead atoms. The number of carbonyl (C=O) groups is 1. The minimum Gasteiger partial charge on any atom is -0.488 e. The highest BCUT2D eigenvalue weighted by molar-refractivity contribution is 6.34. The summed E-state index contributed by atoms with van der Waals surface area (Å²) >= 11 is 5.99. The molecule has 3 aromatic rings. The van der Waals surface area contributed by atoms with E-state index >= 15 is 4.39 Å². The van der Waals surface area contributed by atoms with Gasteiger partial charge in [-0.3, -0.25) is 9.36 Å². The van der Waals surface area contributed by atoms with E-state index in [0.29, 0.717) is 18.8 Å². The second-order valence-electron chi connectivity index (χ2n) is 7.73. The molecule has 0 fully saturated rings. The van der Waals surface area contributed by atoms with Crippen molar-refractivity contribution in [2.45, 2.75) is 38.8 Å². The van der Waals surface area contributed by atoms with Gasteiger partial charge in [0.15, 0.2) is 0 Å². The normalized spacial score (nSPS) is 14.0. The maximum atomic E-state index is 15.2. The summed E-state index contributed by atoms with van der Waals surface area (Å²) in [6.07, 6.45) is 1.81. The van der Waals surface area contributed by atoms with E-state index in [1.54, 1.807) is 6.92 Å². The van der Waals surface area contributed by atoms with Crippen molar-refractivity contribution in [2.24, 2.45) is 5.73 Å². The fourth-order valence-electron chi connectivity index (χ4n) is 3.60. The van der Waals surface area contributed by atoms with E-state index in [-0.39, 0.29) is 34.3 Å². The molecule has 0 aliphatic carbocycles. The molecule has 0 saturated carbocycles. The Morgan fingerprint density at radius 2 is 2.09 bits per heavy atom. The van der Waals surface area contributed by atoms with Gasteiger partial charge in [0.1, 0.15) is 35.0 Å². The zero-order valence-corrected chi connectivity index (χ0v) is 18.5. The van der Waals surface area contributed by atoms with Crippen LogP contribution in [0.5, 0.6) is 5.75 Å². The molecule has 3 N–H and O–H groups in total. The van der Waals surface area contributed by atoms with Gasteiger partial charge in [0.05, 0.1) is 16.3 Å². The molecule has 1 aliphatic rings. The second kappa shape index (κ2) is 9.32. The van der Waals surface area contributed by atoms with Gasteiger partial charge in [0.25, 0.3) is 5.91 Å². The second-order valence-corrected chi connectivity index (χ2v) is 8.14. The zero-order chi connectivity index (χ0) is 23.7. The highest BCUT2D eigenvalue weighted by Gasteiger charge is 2.24. The van der Waals surface area contributed by atoms with Gasteiger partial charge in [-0.2, -0.15) is 4.68 Å². The third-order valence-electron chi connectivity index (χ3n) is 5.35. The van der Waals surface area contributed by atoms with Crippen molar-refractivity contribution in [2.75, 3.05) is 11.9 Å². The predicted molar refractivity (Wildman–Crippen MR) is 119 cm³/mol. The maximum absolute atomic E-state index is 15.2. The first-order valence-electron chi connectivity index (χ1n) is 10.4. The van der Waals surface area contributed by atoms with Gasteiger partial charge >= 0.3 is 5.69 Å². The van der Waals surface area contributed by atoms with Crippen LogP contribution in [-0.4, -0.2) is 32.9 Å². The Kier molecular flexibility index (Phi) is 6.48. The van der Waals surface area contributed by atoms with Gasteiger partial charge in [-0.25, -0.2) is 13.6 Å². The number of anilines is 1. The average molecular weight is 478 g/mol. The molecule has 11 heteroatoms. The van der Waals surface area contributed by atoms with Gasteiger partial charge in [-0.15, -0.1) is 5.10 Å². The average Bonchev–Trinajstić information content (AvgIpc) is 3.13. The first-order chi connectivity index (χ1) is 15.8. The third-order valence-corrected chi connectivity index (χ3v) is 5.67. The number of ether oxygens (including phenoxy) is 1. The van der Waals surface area contributed by atoms with Crippen molar-refractivity contribution in [3.05, 3.63) is 68.9 Å². The molecule has 1 unspecified atom stereocenters. The Bertz CT molecular complexity index is 1250. The molecule has 1 aliphatic heterocycles. The topological polar surface area (TPSA) is 104 Å². The van der Waals surface area contributed by atoms with Crippen LogP contribution in [0.15, 0.2) is 35.1 Å². The first kappa shape index (κ1) is 22.9. The summed E-state index contributed by atoms with van der Waals surface area (Å²) < 4.78 is 37.5. The van der Waals surface area contributed by atoms with Crippen LogP contribution in [0.25, 0.3) is 5.69 Å². The van der Waals surface area contributed by atoms with Gasteiger partial charge in [-0.05, 0) is 38.0 Å². The number of hydrogen-bond acceptors (Lipinski definition) is 5. The van der Waals surface area contributed by atoms with E-state index in [1.807, 2.05) is 0 Å². The number of benzene rings is 2. The summed E-state index contributed by atoms with van der Waals surface area (Å²) in [5.41, 5.74) is 4.54. The van der Waals surface area contributed by atoms with E-state index in [9.17, 15) is 14.0 Å². The SMILES string of the molecule is CC(CN)Oc1cc(-n2nc3n(c2=O)CCCC3)c(F)cc1C(=O)Nc1c(F)cccc1Cl. The molecular formula is C22H22ClF2N5O3. The van der Waals surface area contributed by atoms with Crippen LogP contribution in [0.1, 0.15) is 35.9 Å². The Morgan fingerprint density at radius 3 is 2.79 bits per heavy atom. The molecule has 2 heterocycles. The zero-order valence-electron chi connectivity index (χ0n) is 17.8. The number of nitrogens with two attached hydrogens (primary N) is 1. The fourth-order valence-corrected chi connectivity index (χ4v) is 3.81. The number of rotatable bonds is 6. The number of aromatic nitrogens is 3. The first-order valence-corrected chi connectivity index (χ1v) is 10.8. The predicted octanol–water partition coefficient (Wildman–Crippen LogP) is 3.28. The Labute approximate surface area is 192 Å². The lowest BCUT2D eigenvalue weighted by molar-refractivity contribution is 0.101. The molecule has 1 aromatic heterocycles. The lowest BCUT2D eigenvalue weighted by Crippen LogP contribution is -2.27. The number of halogens is 3. The summed E-state index contributed by atoms with van der Waals surface area (Å²) in [4.78, 5) is 25.7. The Morgan fingerprint density at radius 1 is 1.30 bits per heavy atom. The third kappa shape index (κ3) is 4.49. The number of para-hydroxylation sites is 1. The standard InChI is InChI=1S/C22H22ClF2N5O3/c1-12(11-26)33-18-10-17(30-22(32)29-8-3-2-7-19(29)28-30)16(25)9-13(18)21(31)27-20-14(23)5-4-6-15(20)24/h4-6,9-10,12H,2-3,7-8,11,26H2,1H3,(H,27,31). The summed E-state index contributed by atoms with van der Waals surface area (Å²) in [5, 5.41) is 6.60. The molecule has 8 nitrogen and oxygen atoms in total. The minimum absolute atomic E-state index is 0.0200. The molecule has 2 aromatic carbocycles. The molecule has 174 valence electrons. The van der Waals surface area contributed by atoms with Gasteiger partial charge < -0.3 is 15.8 Å². The summed E-state index contributed by atoms with van der Waals surface area (Å²) in [5.74, 6) is -1.93. The number of fused-ring (bicyclic) bond motifs is 1. The minimum atomic E-state index is -0.870. The monoisotopic (exact) mass is 477 g/mol. The van der Waals surface area contributed by atoms with Gasteiger partial charge in [-0.1, -0.05) is 17.7 Å². The van der Waals surface area contributed by atoms with E-state index in [2.05, 4.69) is 10.4 Å². The molecule has 0 radical (unpaired) electrons. The van der Waals surface area contributed by atoms with E-state index in [1.165, 1.54) is 22.8 Å². The number of carbonyl (C=O) groups excluding carboxylic acids is 1. The quantitative estimate of drug-likeness (QED) is 0.567. The Balaban J connectivity index is 1.78. The van der Waals surface area contributed by atoms with Gasteiger partial charge in [0.2, 0.25) is 0 Å². The van der Waals surface area contributed by atoms with Crippen LogP contribution in [0.2, 0.25) is 5.02 Å². The number of amides is 1. The van der Waals surface area contributed by atoms with Crippen molar-refractivity contribution < 1.29 is 18.3 Å². The molecule has 0 spiro atoms. The van der Waals surface area contributed by atoms with Crippen molar-refractivity contribution in [3.63, 3.8) is 0 Å². The van der Waals surface area contributed by atoms with Crippen LogP contribution >= 0.6 is 11.6 Å². The summed E-state index contributed by atoms with van der Waals surface area (Å²) in [6.45, 7) is 2.29. The van der Waals surface area contributed by atoms with E-state index in [4.69, 9.17) is 22.1 Å². The number of nitrogens with one attached hydrogen (secondary N) is 1. The molecule has 4 rings (SSSR count). The van der Waals surface area contributed by atoms with E-state index < -0.39 is 29.3 Å². The molecule has 33 heavy (non-hydrogen) atoms. The van der Waals surface area contributed by atoms with Crippen molar-refractivity contribution in [1.82, 2.24) is 14.3 Å². The molecule has 0 saturated heterocycles. The summed E-state index contributed by atoms with van der Waals surface area (Å²) in [7, 11) is 0.